The number of aromatic nitrogens is 1. The van der Waals surface area contributed by atoms with E-state index >= 15 is 0 Å². The maximum absolute atomic E-state index is 13.1. The number of aliphatic hydroxyl groups excluding tert-OH is 1. The summed E-state index contributed by atoms with van der Waals surface area (Å²) in [5, 5.41) is 10.6. The molecular weight excluding hydrogens is 263 g/mol. The minimum Gasteiger partial charge on any atom is -0.382 e. The predicted molar refractivity (Wildman–Crippen MR) is 52.5 cm³/mol. The first-order valence-corrected chi connectivity index (χ1v) is 4.57. The Morgan fingerprint density at radius 3 is 2.33 bits per heavy atom. The predicted octanol–water partition coefficient (Wildman–Crippen LogP) is 0.980. The van der Waals surface area contributed by atoms with Crippen molar-refractivity contribution in [2.24, 2.45) is 5.84 Å². The van der Waals surface area contributed by atoms with Crippen molar-refractivity contribution in [3.8, 4) is 0 Å². The molecule has 1 aromatic rings. The number of nitrogens with zero attached hydrogens (tertiary/aromatic N) is 1. The van der Waals surface area contributed by atoms with Gasteiger partial charge in [-0.25, -0.2) is 19.6 Å². The fraction of sp³-hybridized carbons (Fsp3) is 0.375. The van der Waals surface area contributed by atoms with Crippen LogP contribution in [0, 0.1) is 11.6 Å². The van der Waals surface area contributed by atoms with Crippen molar-refractivity contribution in [1.29, 1.82) is 0 Å². The van der Waals surface area contributed by atoms with E-state index in [1.165, 1.54) is 0 Å². The topological polar surface area (TPSA) is 83.2 Å². The maximum Gasteiger partial charge on any atom is 0.416 e. The first kappa shape index (κ1) is 14.4. The van der Waals surface area contributed by atoms with Gasteiger partial charge in [-0.3, -0.25) is 0 Å². The highest BCUT2D eigenvalue weighted by atomic mass is 19.4. The van der Waals surface area contributed by atoms with Gasteiger partial charge in [0.1, 0.15) is 0 Å². The summed E-state index contributed by atoms with van der Waals surface area (Å²) in [5.74, 6) is 1.35. The lowest BCUT2D eigenvalue weighted by Crippen LogP contribution is -2.35. The van der Waals surface area contributed by atoms with E-state index < -0.39 is 42.1 Å². The second-order valence-corrected chi connectivity index (χ2v) is 3.23. The Balaban J connectivity index is 2.79. The van der Waals surface area contributed by atoms with Gasteiger partial charge in [0, 0.05) is 6.07 Å². The van der Waals surface area contributed by atoms with Crippen LogP contribution in [0.15, 0.2) is 6.07 Å². The zero-order valence-corrected chi connectivity index (χ0v) is 8.72. The minimum absolute atomic E-state index is 0.393. The van der Waals surface area contributed by atoms with Crippen LogP contribution in [0.2, 0.25) is 0 Å². The molecule has 1 rings (SSSR count). The van der Waals surface area contributed by atoms with Crippen LogP contribution in [0.3, 0.4) is 0 Å². The Labute approximate surface area is 97.8 Å². The van der Waals surface area contributed by atoms with Gasteiger partial charge in [-0.05, 0) is 0 Å². The first-order valence-electron chi connectivity index (χ1n) is 4.57. The fourth-order valence-electron chi connectivity index (χ4n) is 1.00. The minimum atomic E-state index is -4.85. The largest absolute Gasteiger partial charge is 0.416 e. The molecule has 102 valence electrons. The quantitative estimate of drug-likeness (QED) is 0.373. The van der Waals surface area contributed by atoms with Crippen molar-refractivity contribution in [2.45, 2.75) is 12.3 Å². The number of rotatable bonds is 4. The number of nitrogens with two attached hydrogens (primary N) is 1. The van der Waals surface area contributed by atoms with E-state index in [-0.39, 0.29) is 0 Å². The standard InChI is InChI=1S/C8H9F5N4O/c9-3-1-4(10)7(17-14)16-6(3)15-2-5(18)8(11,12)13/h1,5,18H,2,14H2,(H2,15,16,17). The Morgan fingerprint density at radius 1 is 1.28 bits per heavy atom. The van der Waals surface area contributed by atoms with Crippen molar-refractivity contribution in [3.05, 3.63) is 17.7 Å². The Bertz CT molecular complexity index is 425. The molecule has 18 heavy (non-hydrogen) atoms. The molecule has 1 aromatic heterocycles. The number of hydrazine groups is 1. The van der Waals surface area contributed by atoms with Crippen LogP contribution < -0.4 is 16.6 Å². The third-order valence-electron chi connectivity index (χ3n) is 1.91. The summed E-state index contributed by atoms with van der Waals surface area (Å²) in [4.78, 5) is 3.27. The molecule has 0 saturated heterocycles. The van der Waals surface area contributed by atoms with Crippen LogP contribution in [0.1, 0.15) is 0 Å². The number of pyridine rings is 1. The molecule has 1 unspecified atom stereocenters. The molecule has 10 heteroatoms. The molecule has 0 fully saturated rings. The molecule has 0 aliphatic carbocycles. The van der Waals surface area contributed by atoms with E-state index in [0.29, 0.717) is 6.07 Å². The zero-order valence-electron chi connectivity index (χ0n) is 8.72. The van der Waals surface area contributed by atoms with Crippen molar-refractivity contribution < 1.29 is 27.1 Å². The molecule has 1 heterocycles. The molecule has 0 amide bonds. The van der Waals surface area contributed by atoms with E-state index in [2.05, 4.69) is 4.98 Å². The van der Waals surface area contributed by atoms with E-state index in [0.717, 1.165) is 0 Å². The first-order chi connectivity index (χ1) is 8.25. The Kier molecular flexibility index (Phi) is 4.24. The van der Waals surface area contributed by atoms with E-state index in [9.17, 15) is 22.0 Å². The molecule has 5 nitrogen and oxygen atoms in total. The lowest BCUT2D eigenvalue weighted by Gasteiger charge is -2.16. The van der Waals surface area contributed by atoms with Gasteiger partial charge >= 0.3 is 6.18 Å². The molecule has 0 saturated carbocycles. The van der Waals surface area contributed by atoms with Crippen LogP contribution >= 0.6 is 0 Å². The third-order valence-corrected chi connectivity index (χ3v) is 1.91. The highest BCUT2D eigenvalue weighted by Crippen LogP contribution is 2.22. The summed E-state index contributed by atoms with van der Waals surface area (Å²) in [6, 6.07) is 0.393. The second-order valence-electron chi connectivity index (χ2n) is 3.23. The van der Waals surface area contributed by atoms with Gasteiger partial charge < -0.3 is 15.8 Å². The SMILES string of the molecule is NNc1nc(NCC(O)C(F)(F)F)c(F)cc1F. The van der Waals surface area contributed by atoms with Crippen LogP contribution in [0.5, 0.6) is 0 Å². The zero-order chi connectivity index (χ0) is 13.9. The average molecular weight is 272 g/mol. The van der Waals surface area contributed by atoms with Gasteiger partial charge in [0.05, 0.1) is 6.54 Å². The number of alkyl halides is 3. The normalized spacial score (nSPS) is 13.3. The van der Waals surface area contributed by atoms with Crippen molar-refractivity contribution in [3.63, 3.8) is 0 Å². The molecule has 0 aromatic carbocycles. The van der Waals surface area contributed by atoms with Crippen LogP contribution in [-0.4, -0.2) is 28.9 Å². The summed E-state index contributed by atoms with van der Waals surface area (Å²) < 4.78 is 61.9. The summed E-state index contributed by atoms with van der Waals surface area (Å²) in [6.07, 6.45) is -7.55. The number of hydrogen-bond acceptors (Lipinski definition) is 5. The maximum atomic E-state index is 13.1. The van der Waals surface area contributed by atoms with Crippen molar-refractivity contribution in [2.75, 3.05) is 17.3 Å². The van der Waals surface area contributed by atoms with Gasteiger partial charge in [0.2, 0.25) is 0 Å². The van der Waals surface area contributed by atoms with Crippen molar-refractivity contribution >= 4 is 11.6 Å². The molecule has 1 atom stereocenters. The van der Waals surface area contributed by atoms with Crippen LogP contribution in [-0.2, 0) is 0 Å². The van der Waals surface area contributed by atoms with Crippen LogP contribution in [0.25, 0.3) is 0 Å². The van der Waals surface area contributed by atoms with E-state index in [1.54, 1.807) is 5.43 Å². The van der Waals surface area contributed by atoms with E-state index in [1.807, 2.05) is 5.32 Å². The Morgan fingerprint density at radius 2 is 1.83 bits per heavy atom. The molecular formula is C8H9F5N4O. The van der Waals surface area contributed by atoms with Crippen LogP contribution in [0.4, 0.5) is 33.6 Å². The average Bonchev–Trinajstić information content (AvgIpc) is 2.26. The highest BCUT2D eigenvalue weighted by Gasteiger charge is 2.38. The number of nitrogen functional groups attached to an aromatic ring is 1. The lowest BCUT2D eigenvalue weighted by atomic mass is 10.3. The molecule has 5 N–H and O–H groups in total. The monoisotopic (exact) mass is 272 g/mol. The molecule has 0 aliphatic heterocycles. The Hall–Kier alpha value is -1.68. The lowest BCUT2D eigenvalue weighted by molar-refractivity contribution is -0.198. The van der Waals surface area contributed by atoms with Gasteiger partial charge in [-0.15, -0.1) is 0 Å². The number of aliphatic hydroxyl groups is 1. The highest BCUT2D eigenvalue weighted by molar-refractivity contribution is 5.46. The third kappa shape index (κ3) is 3.40. The summed E-state index contributed by atoms with van der Waals surface area (Å²) in [6.45, 7) is -1.02. The smallest absolute Gasteiger partial charge is 0.382 e. The summed E-state index contributed by atoms with van der Waals surface area (Å²) in [5.41, 5.74) is 1.80. The second kappa shape index (κ2) is 5.31. The number of hydrogen-bond donors (Lipinski definition) is 4. The molecule has 0 spiro atoms. The molecule has 0 radical (unpaired) electrons. The fourth-order valence-corrected chi connectivity index (χ4v) is 1.00. The van der Waals surface area contributed by atoms with Gasteiger partial charge in [-0.2, -0.15) is 13.2 Å². The number of nitrogens with one attached hydrogen (secondary N) is 2. The van der Waals surface area contributed by atoms with Gasteiger partial charge in [0.25, 0.3) is 0 Å². The van der Waals surface area contributed by atoms with Crippen molar-refractivity contribution in [1.82, 2.24) is 4.98 Å². The number of anilines is 2. The number of halogens is 5. The van der Waals surface area contributed by atoms with E-state index in [4.69, 9.17) is 10.9 Å². The summed E-state index contributed by atoms with van der Waals surface area (Å²) in [7, 11) is 0. The molecule has 0 aliphatic rings. The summed E-state index contributed by atoms with van der Waals surface area (Å²) >= 11 is 0. The van der Waals surface area contributed by atoms with Gasteiger partial charge in [0.15, 0.2) is 29.4 Å². The molecule has 0 bridgehead atoms. The van der Waals surface area contributed by atoms with Gasteiger partial charge in [-0.1, -0.05) is 0 Å².